The lowest BCUT2D eigenvalue weighted by Crippen LogP contribution is -2.25. The van der Waals surface area contributed by atoms with Gasteiger partial charge in [0, 0.05) is 27.3 Å². The number of anilines is 1. The first kappa shape index (κ1) is 12.2. The number of hydrogen-bond donors (Lipinski definition) is 0. The molecular weight excluding hydrogens is 204 g/mol. The second-order valence-electron chi connectivity index (χ2n) is 3.64. The van der Waals surface area contributed by atoms with Gasteiger partial charge in [-0.15, -0.1) is 0 Å². The molecule has 1 aromatic rings. The van der Waals surface area contributed by atoms with Crippen LogP contribution in [0.4, 0.5) is 5.95 Å². The first-order valence-electron chi connectivity index (χ1n) is 4.91. The summed E-state index contributed by atoms with van der Waals surface area (Å²) in [5, 5.41) is 0. The smallest absolute Gasteiger partial charge is 0.246 e. The van der Waals surface area contributed by atoms with E-state index >= 15 is 0 Å². The van der Waals surface area contributed by atoms with Crippen LogP contribution in [-0.2, 0) is 11.3 Å². The van der Waals surface area contributed by atoms with Crippen LogP contribution in [0.15, 0.2) is 24.9 Å². The van der Waals surface area contributed by atoms with Crippen LogP contribution >= 0.6 is 0 Å². The third-order valence-electron chi connectivity index (χ3n) is 2.05. The Hall–Kier alpha value is -1.91. The molecule has 1 amide bonds. The largest absolute Gasteiger partial charge is 0.347 e. The Bertz CT molecular complexity index is 389. The van der Waals surface area contributed by atoms with Gasteiger partial charge in [-0.05, 0) is 12.1 Å². The lowest BCUT2D eigenvalue weighted by atomic mass is 10.3. The number of aromatic nitrogens is 2. The summed E-state index contributed by atoms with van der Waals surface area (Å²) in [6, 6.07) is 1.79. The fraction of sp³-hybridized carbons (Fsp3) is 0.364. The van der Waals surface area contributed by atoms with Gasteiger partial charge < -0.3 is 9.80 Å². The molecule has 0 N–H and O–H groups in total. The van der Waals surface area contributed by atoms with Gasteiger partial charge in [0.25, 0.3) is 0 Å². The second-order valence-corrected chi connectivity index (χ2v) is 3.64. The van der Waals surface area contributed by atoms with Crippen LogP contribution in [0.1, 0.15) is 5.69 Å². The quantitative estimate of drug-likeness (QED) is 0.700. The second kappa shape index (κ2) is 5.25. The molecular formula is C11H16N4O. The van der Waals surface area contributed by atoms with Gasteiger partial charge in [0.2, 0.25) is 11.9 Å². The Morgan fingerprint density at radius 3 is 2.75 bits per heavy atom. The van der Waals surface area contributed by atoms with Crippen molar-refractivity contribution in [3.8, 4) is 0 Å². The Labute approximate surface area is 95.4 Å². The first-order chi connectivity index (χ1) is 7.54. The summed E-state index contributed by atoms with van der Waals surface area (Å²) in [6.07, 6.45) is 2.97. The molecule has 0 aliphatic heterocycles. The fourth-order valence-electron chi connectivity index (χ4n) is 1.16. The number of carbonyl (C=O) groups is 1. The van der Waals surface area contributed by atoms with Gasteiger partial charge in [0.15, 0.2) is 0 Å². The van der Waals surface area contributed by atoms with Gasteiger partial charge >= 0.3 is 0 Å². The van der Waals surface area contributed by atoms with Crippen molar-refractivity contribution in [3.05, 3.63) is 30.6 Å². The molecule has 0 spiro atoms. The van der Waals surface area contributed by atoms with Crippen LogP contribution < -0.4 is 4.90 Å². The van der Waals surface area contributed by atoms with Crippen LogP contribution in [0.5, 0.6) is 0 Å². The minimum atomic E-state index is -0.120. The standard InChI is InChI=1S/C11H16N4O/c1-5-10(16)15(4)8-9-6-7-12-11(13-9)14(2)3/h5-7H,1,8H2,2-4H3. The van der Waals surface area contributed by atoms with E-state index in [1.54, 1.807) is 24.2 Å². The van der Waals surface area contributed by atoms with Gasteiger partial charge in [-0.2, -0.15) is 0 Å². The van der Waals surface area contributed by atoms with Gasteiger partial charge in [-0.25, -0.2) is 9.97 Å². The molecule has 0 bridgehead atoms. The molecule has 5 nitrogen and oxygen atoms in total. The third kappa shape index (κ3) is 3.05. The third-order valence-corrected chi connectivity index (χ3v) is 2.05. The number of nitrogens with zero attached hydrogens (tertiary/aromatic N) is 4. The molecule has 0 aromatic carbocycles. The van der Waals surface area contributed by atoms with Crippen molar-refractivity contribution in [1.29, 1.82) is 0 Å². The van der Waals surface area contributed by atoms with Gasteiger partial charge in [-0.3, -0.25) is 4.79 Å². The highest BCUT2D eigenvalue weighted by atomic mass is 16.2. The molecule has 0 fully saturated rings. The van der Waals surface area contributed by atoms with E-state index in [0.29, 0.717) is 12.5 Å². The molecule has 0 atom stereocenters. The van der Waals surface area contributed by atoms with E-state index in [2.05, 4.69) is 16.5 Å². The van der Waals surface area contributed by atoms with Crippen molar-refractivity contribution in [2.75, 3.05) is 26.0 Å². The van der Waals surface area contributed by atoms with E-state index in [4.69, 9.17) is 0 Å². The number of likely N-dealkylation sites (N-methyl/N-ethyl adjacent to an activating group) is 1. The molecule has 1 aromatic heterocycles. The maximum atomic E-state index is 11.3. The van der Waals surface area contributed by atoms with Gasteiger partial charge in [0.05, 0.1) is 12.2 Å². The van der Waals surface area contributed by atoms with Crippen molar-refractivity contribution in [2.45, 2.75) is 6.54 Å². The predicted octanol–water partition coefficient (Wildman–Crippen LogP) is 0.687. The van der Waals surface area contributed by atoms with Crippen molar-refractivity contribution >= 4 is 11.9 Å². The molecule has 86 valence electrons. The summed E-state index contributed by atoms with van der Waals surface area (Å²) < 4.78 is 0. The van der Waals surface area contributed by atoms with Crippen LogP contribution in [0.3, 0.4) is 0 Å². The summed E-state index contributed by atoms with van der Waals surface area (Å²) in [5.74, 6) is 0.516. The Morgan fingerprint density at radius 2 is 2.19 bits per heavy atom. The van der Waals surface area contributed by atoms with Gasteiger partial charge in [0.1, 0.15) is 0 Å². The Balaban J connectivity index is 2.77. The van der Waals surface area contributed by atoms with Crippen molar-refractivity contribution in [2.24, 2.45) is 0 Å². The van der Waals surface area contributed by atoms with E-state index in [9.17, 15) is 4.79 Å². The van der Waals surface area contributed by atoms with E-state index in [-0.39, 0.29) is 5.91 Å². The van der Waals surface area contributed by atoms with E-state index < -0.39 is 0 Å². The number of hydrogen-bond acceptors (Lipinski definition) is 4. The molecule has 0 aliphatic rings. The number of rotatable bonds is 4. The van der Waals surface area contributed by atoms with E-state index in [0.717, 1.165) is 5.69 Å². The summed E-state index contributed by atoms with van der Waals surface area (Å²) in [6.45, 7) is 3.89. The monoisotopic (exact) mass is 220 g/mol. The summed E-state index contributed by atoms with van der Waals surface area (Å²) in [4.78, 5) is 23.1. The zero-order valence-corrected chi connectivity index (χ0v) is 9.84. The molecule has 0 radical (unpaired) electrons. The maximum absolute atomic E-state index is 11.3. The van der Waals surface area contributed by atoms with Crippen LogP contribution in [0.25, 0.3) is 0 Å². The minimum absolute atomic E-state index is 0.120. The molecule has 1 rings (SSSR count). The zero-order valence-electron chi connectivity index (χ0n) is 9.84. The molecule has 0 aliphatic carbocycles. The summed E-state index contributed by atoms with van der Waals surface area (Å²) >= 11 is 0. The van der Waals surface area contributed by atoms with E-state index in [1.165, 1.54) is 6.08 Å². The zero-order chi connectivity index (χ0) is 12.1. The van der Waals surface area contributed by atoms with E-state index in [1.807, 2.05) is 19.0 Å². The van der Waals surface area contributed by atoms with Crippen LogP contribution in [0, 0.1) is 0 Å². The Kier molecular flexibility index (Phi) is 3.99. The molecule has 5 heteroatoms. The topological polar surface area (TPSA) is 49.3 Å². The average molecular weight is 220 g/mol. The average Bonchev–Trinajstić information content (AvgIpc) is 2.28. The maximum Gasteiger partial charge on any atom is 0.246 e. The normalized spacial score (nSPS) is 9.69. The molecule has 1 heterocycles. The van der Waals surface area contributed by atoms with Crippen molar-refractivity contribution < 1.29 is 4.79 Å². The summed E-state index contributed by atoms with van der Waals surface area (Å²) in [5.41, 5.74) is 0.802. The summed E-state index contributed by atoms with van der Waals surface area (Å²) in [7, 11) is 5.46. The molecule has 16 heavy (non-hydrogen) atoms. The van der Waals surface area contributed by atoms with Crippen molar-refractivity contribution in [3.63, 3.8) is 0 Å². The molecule has 0 saturated carbocycles. The van der Waals surface area contributed by atoms with Gasteiger partial charge in [-0.1, -0.05) is 6.58 Å². The molecule has 0 unspecified atom stereocenters. The number of amides is 1. The highest BCUT2D eigenvalue weighted by molar-refractivity contribution is 5.86. The van der Waals surface area contributed by atoms with Crippen LogP contribution in [-0.4, -0.2) is 41.9 Å². The lowest BCUT2D eigenvalue weighted by molar-refractivity contribution is -0.125. The minimum Gasteiger partial charge on any atom is -0.347 e. The Morgan fingerprint density at radius 1 is 1.50 bits per heavy atom. The van der Waals surface area contributed by atoms with Crippen molar-refractivity contribution in [1.82, 2.24) is 14.9 Å². The highest BCUT2D eigenvalue weighted by Crippen LogP contribution is 2.05. The lowest BCUT2D eigenvalue weighted by Gasteiger charge is -2.16. The first-order valence-corrected chi connectivity index (χ1v) is 4.91. The number of carbonyl (C=O) groups excluding carboxylic acids is 1. The molecule has 0 saturated heterocycles. The fourth-order valence-corrected chi connectivity index (χ4v) is 1.16. The SMILES string of the molecule is C=CC(=O)N(C)Cc1ccnc(N(C)C)n1. The highest BCUT2D eigenvalue weighted by Gasteiger charge is 2.07. The predicted molar refractivity (Wildman–Crippen MR) is 63.0 cm³/mol. The van der Waals surface area contributed by atoms with Crippen LogP contribution in [0.2, 0.25) is 0 Å².